The fraction of sp³-hybridized carbons (Fsp3) is 0.643. The van der Waals surface area contributed by atoms with Gasteiger partial charge in [0.25, 0.3) is 5.91 Å². The van der Waals surface area contributed by atoms with Gasteiger partial charge < -0.3 is 14.5 Å². The molecule has 0 aromatic carbocycles. The van der Waals surface area contributed by atoms with E-state index in [4.69, 9.17) is 9.63 Å². The predicted molar refractivity (Wildman–Crippen MR) is 69.3 cm³/mol. The van der Waals surface area contributed by atoms with Gasteiger partial charge in [0.15, 0.2) is 5.69 Å². The monoisotopic (exact) mass is 278 g/mol. The molecule has 1 saturated heterocycles. The van der Waals surface area contributed by atoms with E-state index in [2.05, 4.69) is 5.16 Å². The molecule has 2 atom stereocenters. The number of amides is 1. The molecule has 2 aliphatic rings. The van der Waals surface area contributed by atoms with E-state index in [-0.39, 0.29) is 17.9 Å². The minimum atomic E-state index is -0.776. The van der Waals surface area contributed by atoms with E-state index in [0.29, 0.717) is 31.0 Å². The molecule has 0 radical (unpaired) electrons. The Morgan fingerprint density at radius 2 is 2.15 bits per heavy atom. The first kappa shape index (κ1) is 13.1. The summed E-state index contributed by atoms with van der Waals surface area (Å²) in [5.74, 6) is -0.0626. The normalized spacial score (nSPS) is 26.6. The van der Waals surface area contributed by atoms with Crippen molar-refractivity contribution < 1.29 is 19.2 Å². The van der Waals surface area contributed by atoms with Crippen molar-refractivity contribution in [2.24, 2.45) is 5.92 Å². The van der Waals surface area contributed by atoms with Crippen LogP contribution in [0.15, 0.2) is 10.6 Å². The number of carbonyl (C=O) groups is 2. The van der Waals surface area contributed by atoms with Crippen molar-refractivity contribution in [1.29, 1.82) is 0 Å². The van der Waals surface area contributed by atoms with E-state index in [1.54, 1.807) is 11.0 Å². The quantitative estimate of drug-likeness (QED) is 0.912. The van der Waals surface area contributed by atoms with Crippen LogP contribution in [0.3, 0.4) is 0 Å². The third kappa shape index (κ3) is 2.42. The molecule has 1 aromatic rings. The van der Waals surface area contributed by atoms with E-state index < -0.39 is 5.97 Å². The van der Waals surface area contributed by atoms with Gasteiger partial charge in [0.05, 0.1) is 5.92 Å². The Hall–Kier alpha value is -1.85. The summed E-state index contributed by atoms with van der Waals surface area (Å²) in [5.41, 5.74) is 0.340. The summed E-state index contributed by atoms with van der Waals surface area (Å²) in [6, 6.07) is 1.65. The molecular formula is C14H18N2O4. The first-order valence-electron chi connectivity index (χ1n) is 7.06. The summed E-state index contributed by atoms with van der Waals surface area (Å²) < 4.78 is 5.20. The van der Waals surface area contributed by atoms with Crippen LogP contribution in [-0.2, 0) is 4.79 Å². The molecule has 3 rings (SSSR count). The van der Waals surface area contributed by atoms with E-state index in [0.717, 1.165) is 18.6 Å². The van der Waals surface area contributed by atoms with Gasteiger partial charge in [-0.2, -0.15) is 0 Å². The number of likely N-dealkylation sites (tertiary alicyclic amines) is 1. The van der Waals surface area contributed by atoms with Gasteiger partial charge in [-0.1, -0.05) is 5.16 Å². The molecule has 6 nitrogen and oxygen atoms in total. The van der Waals surface area contributed by atoms with Crippen LogP contribution < -0.4 is 0 Å². The Bertz CT molecular complexity index is 535. The largest absolute Gasteiger partial charge is 0.481 e. The average molecular weight is 278 g/mol. The molecular weight excluding hydrogens is 260 g/mol. The number of carbonyl (C=O) groups excluding carboxylic acids is 1. The highest BCUT2D eigenvalue weighted by Crippen LogP contribution is 2.40. The molecule has 1 amide bonds. The Balaban J connectivity index is 1.68. The topological polar surface area (TPSA) is 83.6 Å². The van der Waals surface area contributed by atoms with Crippen molar-refractivity contribution in [3.63, 3.8) is 0 Å². The molecule has 0 spiro atoms. The van der Waals surface area contributed by atoms with Crippen LogP contribution in [0.5, 0.6) is 0 Å². The highest BCUT2D eigenvalue weighted by molar-refractivity contribution is 5.92. The molecule has 1 saturated carbocycles. The second-order valence-electron chi connectivity index (χ2n) is 5.80. The molecule has 1 aliphatic carbocycles. The second-order valence-corrected chi connectivity index (χ2v) is 5.80. The lowest BCUT2D eigenvalue weighted by Crippen LogP contribution is -2.46. The van der Waals surface area contributed by atoms with Gasteiger partial charge in [-0.25, -0.2) is 0 Å². The fourth-order valence-electron chi connectivity index (χ4n) is 2.80. The first-order chi connectivity index (χ1) is 9.56. The Morgan fingerprint density at radius 3 is 2.75 bits per heavy atom. The van der Waals surface area contributed by atoms with Crippen molar-refractivity contribution in [3.8, 4) is 0 Å². The van der Waals surface area contributed by atoms with Crippen molar-refractivity contribution >= 4 is 11.9 Å². The molecule has 0 bridgehead atoms. The number of aromatic nitrogens is 1. The summed E-state index contributed by atoms with van der Waals surface area (Å²) in [5, 5.41) is 12.9. The van der Waals surface area contributed by atoms with Crippen LogP contribution in [-0.4, -0.2) is 39.6 Å². The highest BCUT2D eigenvalue weighted by Gasteiger charge is 2.35. The van der Waals surface area contributed by atoms with Crippen LogP contribution in [0, 0.1) is 5.92 Å². The van der Waals surface area contributed by atoms with Gasteiger partial charge in [0.1, 0.15) is 5.76 Å². The third-order valence-electron chi connectivity index (χ3n) is 4.21. The van der Waals surface area contributed by atoms with Gasteiger partial charge in [-0.3, -0.25) is 9.59 Å². The van der Waals surface area contributed by atoms with Gasteiger partial charge in [-0.15, -0.1) is 0 Å². The van der Waals surface area contributed by atoms with Crippen molar-refractivity contribution in [2.45, 2.75) is 44.6 Å². The van der Waals surface area contributed by atoms with Crippen molar-refractivity contribution in [1.82, 2.24) is 10.1 Å². The molecule has 1 N–H and O–H groups in total. The Labute approximate surface area is 116 Å². The molecule has 20 heavy (non-hydrogen) atoms. The van der Waals surface area contributed by atoms with Crippen LogP contribution >= 0.6 is 0 Å². The number of carboxylic acids is 1. The van der Waals surface area contributed by atoms with Crippen molar-refractivity contribution in [2.75, 3.05) is 6.54 Å². The lowest BCUT2D eigenvalue weighted by molar-refractivity contribution is -0.143. The van der Waals surface area contributed by atoms with Crippen LogP contribution in [0.1, 0.15) is 54.8 Å². The third-order valence-corrected chi connectivity index (χ3v) is 4.21. The maximum Gasteiger partial charge on any atom is 0.306 e. The molecule has 108 valence electrons. The molecule has 1 aliphatic heterocycles. The molecule has 2 unspecified atom stereocenters. The van der Waals surface area contributed by atoms with E-state index in [1.165, 1.54) is 0 Å². The lowest BCUT2D eigenvalue weighted by Gasteiger charge is -2.35. The number of carboxylic acid groups (broad SMARTS) is 1. The first-order valence-corrected chi connectivity index (χ1v) is 7.06. The fourth-order valence-corrected chi connectivity index (χ4v) is 2.80. The minimum absolute atomic E-state index is 0.0848. The lowest BCUT2D eigenvalue weighted by atomic mass is 9.91. The van der Waals surface area contributed by atoms with E-state index in [9.17, 15) is 9.59 Å². The summed E-state index contributed by atoms with van der Waals surface area (Å²) in [7, 11) is 0. The standard InChI is InChI=1S/C14H18N2O4/c1-8-6-10(14(18)19)4-5-16(8)13(17)11-7-12(20-15-11)9-2-3-9/h7-10H,2-6H2,1H3,(H,18,19). The maximum absolute atomic E-state index is 12.4. The SMILES string of the molecule is CC1CC(C(=O)O)CCN1C(=O)c1cc(C2CC2)on1. The van der Waals surface area contributed by atoms with Crippen LogP contribution in [0.4, 0.5) is 0 Å². The molecule has 2 heterocycles. The smallest absolute Gasteiger partial charge is 0.306 e. The van der Waals surface area contributed by atoms with Crippen LogP contribution in [0.2, 0.25) is 0 Å². The van der Waals surface area contributed by atoms with Gasteiger partial charge >= 0.3 is 5.97 Å². The maximum atomic E-state index is 12.4. The molecule has 6 heteroatoms. The highest BCUT2D eigenvalue weighted by atomic mass is 16.5. The van der Waals surface area contributed by atoms with Crippen LogP contribution in [0.25, 0.3) is 0 Å². The summed E-state index contributed by atoms with van der Waals surface area (Å²) in [6.07, 6.45) is 3.19. The zero-order chi connectivity index (χ0) is 14.3. The molecule has 1 aromatic heterocycles. The van der Waals surface area contributed by atoms with E-state index >= 15 is 0 Å². The number of nitrogens with zero attached hydrogens (tertiary/aromatic N) is 2. The Morgan fingerprint density at radius 1 is 1.40 bits per heavy atom. The number of aliphatic carboxylic acids is 1. The minimum Gasteiger partial charge on any atom is -0.481 e. The van der Waals surface area contributed by atoms with E-state index in [1.807, 2.05) is 6.92 Å². The van der Waals surface area contributed by atoms with Gasteiger partial charge in [-0.05, 0) is 32.6 Å². The number of piperidine rings is 1. The summed E-state index contributed by atoms with van der Waals surface area (Å²) in [6.45, 7) is 2.34. The predicted octanol–water partition coefficient (Wildman–Crippen LogP) is 1.88. The average Bonchev–Trinajstić information content (AvgIpc) is 3.15. The molecule has 2 fully saturated rings. The summed E-state index contributed by atoms with van der Waals surface area (Å²) >= 11 is 0. The van der Waals surface area contributed by atoms with Gasteiger partial charge in [0.2, 0.25) is 0 Å². The number of hydrogen-bond acceptors (Lipinski definition) is 4. The zero-order valence-corrected chi connectivity index (χ0v) is 11.4. The van der Waals surface area contributed by atoms with Gasteiger partial charge in [0, 0.05) is 24.6 Å². The Kier molecular flexibility index (Phi) is 3.23. The summed E-state index contributed by atoms with van der Waals surface area (Å²) in [4.78, 5) is 25.1. The second kappa shape index (κ2) is 4.92. The number of hydrogen-bond donors (Lipinski definition) is 1. The number of rotatable bonds is 3. The zero-order valence-electron chi connectivity index (χ0n) is 11.4. The van der Waals surface area contributed by atoms with Crippen molar-refractivity contribution in [3.05, 3.63) is 17.5 Å².